The molecule has 0 bridgehead atoms. The average molecular weight is 239 g/mol. The quantitative estimate of drug-likeness (QED) is 0.823. The van der Waals surface area contributed by atoms with Gasteiger partial charge in [-0.05, 0) is 37.2 Å². The molecule has 1 aromatic rings. The molecule has 1 rings (SSSR count). The van der Waals surface area contributed by atoms with E-state index in [1.54, 1.807) is 19.1 Å². The van der Waals surface area contributed by atoms with Crippen molar-refractivity contribution >= 4 is 0 Å². The van der Waals surface area contributed by atoms with Crippen LogP contribution in [0.3, 0.4) is 0 Å². The summed E-state index contributed by atoms with van der Waals surface area (Å²) in [6.07, 6.45) is 0. The molecule has 2 nitrogen and oxygen atoms in total. The molecule has 1 aromatic carbocycles. The number of halogens is 1. The van der Waals surface area contributed by atoms with Crippen molar-refractivity contribution in [3.63, 3.8) is 0 Å². The lowest BCUT2D eigenvalue weighted by atomic mass is 9.95. The number of rotatable bonds is 6. The summed E-state index contributed by atoms with van der Waals surface area (Å²) in [6, 6.07) is 4.85. The second-order valence-corrected chi connectivity index (χ2v) is 5.14. The van der Waals surface area contributed by atoms with Gasteiger partial charge in [0.1, 0.15) is 11.6 Å². The normalized spacial score (nSPS) is 11.6. The minimum absolute atomic E-state index is 0.0678. The molecule has 0 saturated carbocycles. The molecule has 0 amide bonds. The van der Waals surface area contributed by atoms with Crippen LogP contribution >= 0.6 is 0 Å². The third-order valence-corrected chi connectivity index (χ3v) is 2.61. The maximum absolute atomic E-state index is 13.1. The van der Waals surface area contributed by atoms with E-state index in [2.05, 4.69) is 26.1 Å². The minimum Gasteiger partial charge on any atom is -0.493 e. The van der Waals surface area contributed by atoms with E-state index in [9.17, 15) is 4.39 Å². The fraction of sp³-hybridized carbons (Fsp3) is 0.571. The molecule has 0 saturated heterocycles. The number of benzene rings is 1. The number of nitrogens with one attached hydrogen (secondary N) is 1. The van der Waals surface area contributed by atoms with Crippen LogP contribution in [0.15, 0.2) is 18.2 Å². The Morgan fingerprint density at radius 1 is 1.35 bits per heavy atom. The average Bonchev–Trinajstić information content (AvgIpc) is 2.28. The van der Waals surface area contributed by atoms with Crippen molar-refractivity contribution < 1.29 is 9.13 Å². The molecule has 17 heavy (non-hydrogen) atoms. The number of hydrogen-bond acceptors (Lipinski definition) is 2. The third-order valence-electron chi connectivity index (χ3n) is 2.61. The molecule has 0 aliphatic carbocycles. The van der Waals surface area contributed by atoms with Crippen molar-refractivity contribution in [1.29, 1.82) is 0 Å². The minimum atomic E-state index is -0.191. The van der Waals surface area contributed by atoms with Crippen LogP contribution in [-0.4, -0.2) is 19.7 Å². The van der Waals surface area contributed by atoms with Gasteiger partial charge in [-0.25, -0.2) is 4.39 Å². The number of aryl methyl sites for hydroxylation is 1. The maximum atomic E-state index is 13.1. The molecule has 3 heteroatoms. The van der Waals surface area contributed by atoms with Gasteiger partial charge in [0.05, 0.1) is 6.61 Å². The predicted molar refractivity (Wildman–Crippen MR) is 69.0 cm³/mol. The van der Waals surface area contributed by atoms with Crippen LogP contribution in [0.2, 0.25) is 0 Å². The Balaban J connectivity index is 2.51. The standard InChI is InChI=1S/C14H22FNO/c1-5-16-9-14(3,4)10-17-12-6-7-13(15)11(2)8-12/h6-8,16H,5,9-10H2,1-4H3. The zero-order chi connectivity index (χ0) is 12.9. The summed E-state index contributed by atoms with van der Waals surface area (Å²) in [5.74, 6) is 0.540. The first kappa shape index (κ1) is 14.0. The molecular weight excluding hydrogens is 217 g/mol. The molecule has 1 N–H and O–H groups in total. The first-order valence-electron chi connectivity index (χ1n) is 6.04. The van der Waals surface area contributed by atoms with Gasteiger partial charge >= 0.3 is 0 Å². The van der Waals surface area contributed by atoms with Gasteiger partial charge in [0.25, 0.3) is 0 Å². The predicted octanol–water partition coefficient (Wildman–Crippen LogP) is 3.15. The van der Waals surface area contributed by atoms with Gasteiger partial charge in [0.2, 0.25) is 0 Å². The highest BCUT2D eigenvalue weighted by Crippen LogP contribution is 2.20. The lowest BCUT2D eigenvalue weighted by Gasteiger charge is -2.25. The fourth-order valence-corrected chi connectivity index (χ4v) is 1.50. The smallest absolute Gasteiger partial charge is 0.126 e. The maximum Gasteiger partial charge on any atom is 0.126 e. The number of hydrogen-bond donors (Lipinski definition) is 1. The Bertz CT molecular complexity index is 363. The highest BCUT2D eigenvalue weighted by atomic mass is 19.1. The van der Waals surface area contributed by atoms with Gasteiger partial charge in [0, 0.05) is 12.0 Å². The van der Waals surface area contributed by atoms with E-state index < -0.39 is 0 Å². The van der Waals surface area contributed by atoms with E-state index in [0.717, 1.165) is 18.8 Å². The van der Waals surface area contributed by atoms with Gasteiger partial charge in [-0.1, -0.05) is 20.8 Å². The highest BCUT2D eigenvalue weighted by molar-refractivity contribution is 5.28. The Hall–Kier alpha value is -1.09. The zero-order valence-electron chi connectivity index (χ0n) is 11.1. The zero-order valence-corrected chi connectivity index (χ0v) is 11.1. The second kappa shape index (κ2) is 6.01. The summed E-state index contributed by atoms with van der Waals surface area (Å²) >= 11 is 0. The summed E-state index contributed by atoms with van der Waals surface area (Å²) in [5.41, 5.74) is 0.685. The molecule has 0 atom stereocenters. The van der Waals surface area contributed by atoms with Crippen molar-refractivity contribution in [2.24, 2.45) is 5.41 Å². The molecule has 0 radical (unpaired) electrons. The van der Waals surface area contributed by atoms with E-state index in [1.165, 1.54) is 6.07 Å². The van der Waals surface area contributed by atoms with Gasteiger partial charge in [-0.15, -0.1) is 0 Å². The van der Waals surface area contributed by atoms with Gasteiger partial charge < -0.3 is 10.1 Å². The number of ether oxygens (including phenoxy) is 1. The summed E-state index contributed by atoms with van der Waals surface area (Å²) in [7, 11) is 0. The fourth-order valence-electron chi connectivity index (χ4n) is 1.50. The lowest BCUT2D eigenvalue weighted by Crippen LogP contribution is -2.34. The van der Waals surface area contributed by atoms with Crippen molar-refractivity contribution in [3.8, 4) is 5.75 Å². The Kier molecular flexibility index (Phi) is 4.94. The first-order chi connectivity index (χ1) is 7.94. The van der Waals surface area contributed by atoms with Gasteiger partial charge in [-0.2, -0.15) is 0 Å². The van der Waals surface area contributed by atoms with Crippen LogP contribution in [0.4, 0.5) is 4.39 Å². The first-order valence-corrected chi connectivity index (χ1v) is 6.04. The molecule has 0 aromatic heterocycles. The van der Waals surface area contributed by atoms with E-state index in [-0.39, 0.29) is 11.2 Å². The Morgan fingerprint density at radius 2 is 2.06 bits per heavy atom. The van der Waals surface area contributed by atoms with Crippen LogP contribution in [0, 0.1) is 18.2 Å². The van der Waals surface area contributed by atoms with Crippen molar-refractivity contribution in [3.05, 3.63) is 29.6 Å². The topological polar surface area (TPSA) is 21.3 Å². The van der Waals surface area contributed by atoms with Crippen LogP contribution < -0.4 is 10.1 Å². The van der Waals surface area contributed by atoms with Crippen molar-refractivity contribution in [2.75, 3.05) is 19.7 Å². The van der Waals surface area contributed by atoms with E-state index in [1.807, 2.05) is 0 Å². The van der Waals surface area contributed by atoms with Crippen molar-refractivity contribution in [1.82, 2.24) is 5.32 Å². The molecule has 0 heterocycles. The molecule has 0 unspecified atom stereocenters. The van der Waals surface area contributed by atoms with Gasteiger partial charge in [0.15, 0.2) is 0 Å². The summed E-state index contributed by atoms with van der Waals surface area (Å²) < 4.78 is 18.8. The SMILES string of the molecule is CCNCC(C)(C)COc1ccc(F)c(C)c1. The molecule has 0 fully saturated rings. The third kappa shape index (κ3) is 4.73. The second-order valence-electron chi connectivity index (χ2n) is 5.14. The molecule has 0 aliphatic rings. The summed E-state index contributed by atoms with van der Waals surface area (Å²) in [5, 5.41) is 3.31. The monoisotopic (exact) mass is 239 g/mol. The highest BCUT2D eigenvalue weighted by Gasteiger charge is 2.18. The van der Waals surface area contributed by atoms with Crippen LogP contribution in [0.25, 0.3) is 0 Å². The largest absolute Gasteiger partial charge is 0.493 e. The molecule has 0 aliphatic heterocycles. The molecular formula is C14H22FNO. The molecule has 0 spiro atoms. The lowest BCUT2D eigenvalue weighted by molar-refractivity contribution is 0.177. The van der Waals surface area contributed by atoms with Crippen LogP contribution in [-0.2, 0) is 0 Å². The van der Waals surface area contributed by atoms with Crippen molar-refractivity contribution in [2.45, 2.75) is 27.7 Å². The molecule has 96 valence electrons. The Labute approximate surface area is 103 Å². The summed E-state index contributed by atoms with van der Waals surface area (Å²) in [4.78, 5) is 0. The van der Waals surface area contributed by atoms with E-state index >= 15 is 0 Å². The summed E-state index contributed by atoms with van der Waals surface area (Å²) in [6.45, 7) is 10.6. The van der Waals surface area contributed by atoms with Crippen LogP contribution in [0.1, 0.15) is 26.3 Å². The van der Waals surface area contributed by atoms with Crippen LogP contribution in [0.5, 0.6) is 5.75 Å². The van der Waals surface area contributed by atoms with Gasteiger partial charge in [-0.3, -0.25) is 0 Å². The van der Waals surface area contributed by atoms with E-state index in [4.69, 9.17) is 4.74 Å². The van der Waals surface area contributed by atoms with E-state index in [0.29, 0.717) is 12.2 Å². The Morgan fingerprint density at radius 3 is 2.65 bits per heavy atom.